The molecule has 0 aromatic heterocycles. The standard InChI is InChI=1S/C45H52N4O9/c50-36(17-46(19-41-26-52-41)31-5-1-9-37(13-31)57-39-11-3-7-33(15-39)48(21-43-28-54-43)22-44-29-55-44)18-47(20-42-27-53-42)32-6-2-10-38(14-32)58-40-12-4-8-34(16-40)49(23-45-30-56-45)35-24-51-25-35/h1-16,35-36,41-45,50H,17-30H2. The van der Waals surface area contributed by atoms with Gasteiger partial charge in [-0.15, -0.1) is 0 Å². The number of rotatable bonds is 23. The molecule has 6 aliphatic rings. The Hall–Kier alpha value is -4.60. The van der Waals surface area contributed by atoms with Gasteiger partial charge in [0.05, 0.1) is 88.9 Å². The Labute approximate surface area is 339 Å². The van der Waals surface area contributed by atoms with E-state index in [4.69, 9.17) is 37.9 Å². The number of benzene rings is 4. The minimum Gasteiger partial charge on any atom is -0.457 e. The molecule has 4 aromatic carbocycles. The van der Waals surface area contributed by atoms with E-state index in [0.29, 0.717) is 45.4 Å². The maximum Gasteiger partial charge on any atom is 0.129 e. The van der Waals surface area contributed by atoms with E-state index in [9.17, 15) is 5.11 Å². The van der Waals surface area contributed by atoms with Gasteiger partial charge < -0.3 is 62.6 Å². The van der Waals surface area contributed by atoms with Crippen LogP contribution in [0.1, 0.15) is 0 Å². The number of nitrogens with zero attached hydrogens (tertiary/aromatic N) is 4. The van der Waals surface area contributed by atoms with Gasteiger partial charge in [-0.1, -0.05) is 24.3 Å². The number of aliphatic hydroxyl groups is 1. The van der Waals surface area contributed by atoms with E-state index in [-0.39, 0.29) is 30.5 Å². The summed E-state index contributed by atoms with van der Waals surface area (Å²) in [7, 11) is 0. The molecule has 6 atom stereocenters. The average molecular weight is 793 g/mol. The van der Waals surface area contributed by atoms with Crippen LogP contribution in [0.2, 0.25) is 0 Å². The molecule has 0 radical (unpaired) electrons. The molecule has 1 N–H and O–H groups in total. The summed E-state index contributed by atoms with van der Waals surface area (Å²) in [6, 6.07) is 32.9. The van der Waals surface area contributed by atoms with Crippen LogP contribution >= 0.6 is 0 Å². The summed E-state index contributed by atoms with van der Waals surface area (Å²) in [4.78, 5) is 9.10. The SMILES string of the molecule is OC(CN(CC1CO1)c1cccc(Oc2cccc(N(CC3CO3)CC3CO3)c2)c1)CN(CC1CO1)c1cccc(Oc2cccc(N(CC3CO3)C3COC3)c2)c1. The molecule has 0 bridgehead atoms. The topological polar surface area (TPSA) is 124 Å². The van der Waals surface area contributed by atoms with Crippen LogP contribution in [0, 0.1) is 0 Å². The van der Waals surface area contributed by atoms with Crippen LogP contribution in [-0.2, 0) is 28.4 Å². The Morgan fingerprint density at radius 3 is 1.19 bits per heavy atom. The molecule has 6 heterocycles. The molecule has 10 rings (SSSR count). The lowest BCUT2D eigenvalue weighted by molar-refractivity contribution is 0.00763. The van der Waals surface area contributed by atoms with Crippen molar-refractivity contribution in [1.82, 2.24) is 0 Å². The highest BCUT2D eigenvalue weighted by atomic mass is 16.6. The average Bonchev–Trinajstić information content (AvgIpc) is 4.00. The Bertz CT molecular complexity index is 1980. The summed E-state index contributed by atoms with van der Waals surface area (Å²) in [6.07, 6.45) is 0.411. The molecule has 0 saturated carbocycles. The van der Waals surface area contributed by atoms with E-state index in [1.54, 1.807) is 0 Å². The fourth-order valence-electron chi connectivity index (χ4n) is 7.59. The number of hydrogen-bond acceptors (Lipinski definition) is 13. The number of anilines is 4. The first-order chi connectivity index (χ1) is 28.5. The first-order valence-electron chi connectivity index (χ1n) is 20.6. The molecule has 0 amide bonds. The molecule has 58 heavy (non-hydrogen) atoms. The molecule has 306 valence electrons. The van der Waals surface area contributed by atoms with Gasteiger partial charge in [0.2, 0.25) is 0 Å². The highest BCUT2D eigenvalue weighted by Gasteiger charge is 2.34. The first kappa shape index (κ1) is 37.7. The predicted octanol–water partition coefficient (Wildman–Crippen LogP) is 4.95. The molecule has 0 aliphatic carbocycles. The van der Waals surface area contributed by atoms with Gasteiger partial charge in [0.1, 0.15) is 23.0 Å². The highest BCUT2D eigenvalue weighted by molar-refractivity contribution is 5.57. The van der Waals surface area contributed by atoms with E-state index in [0.717, 1.165) is 98.4 Å². The van der Waals surface area contributed by atoms with Crippen LogP contribution < -0.4 is 29.1 Å². The van der Waals surface area contributed by atoms with Crippen molar-refractivity contribution in [2.45, 2.75) is 42.7 Å². The van der Waals surface area contributed by atoms with E-state index in [1.807, 2.05) is 60.7 Å². The summed E-state index contributed by atoms with van der Waals surface area (Å²) in [6.45, 7) is 10.00. The van der Waals surface area contributed by atoms with Crippen LogP contribution in [0.3, 0.4) is 0 Å². The lowest BCUT2D eigenvalue weighted by Crippen LogP contribution is -2.50. The number of hydrogen-bond donors (Lipinski definition) is 1. The van der Waals surface area contributed by atoms with Crippen molar-refractivity contribution in [3.8, 4) is 23.0 Å². The summed E-state index contributed by atoms with van der Waals surface area (Å²) in [5, 5.41) is 11.8. The minimum atomic E-state index is -0.672. The summed E-state index contributed by atoms with van der Waals surface area (Å²) in [5.41, 5.74) is 4.11. The van der Waals surface area contributed by atoms with Gasteiger partial charge in [0.15, 0.2) is 0 Å². The molecular weight excluding hydrogens is 741 g/mol. The fourth-order valence-corrected chi connectivity index (χ4v) is 7.59. The van der Waals surface area contributed by atoms with Crippen LogP contribution in [0.25, 0.3) is 0 Å². The van der Waals surface area contributed by atoms with Crippen molar-refractivity contribution in [3.63, 3.8) is 0 Å². The summed E-state index contributed by atoms with van der Waals surface area (Å²) in [5.74, 6) is 2.98. The van der Waals surface area contributed by atoms with Gasteiger partial charge in [-0.25, -0.2) is 0 Å². The molecule has 4 aromatic rings. The summed E-state index contributed by atoms with van der Waals surface area (Å²) >= 11 is 0. The third kappa shape index (κ3) is 10.3. The first-order valence-corrected chi connectivity index (χ1v) is 20.6. The smallest absolute Gasteiger partial charge is 0.129 e. The second kappa shape index (κ2) is 16.9. The quantitative estimate of drug-likeness (QED) is 0.102. The maximum absolute atomic E-state index is 11.8. The largest absolute Gasteiger partial charge is 0.457 e. The molecule has 13 heteroatoms. The maximum atomic E-state index is 11.8. The van der Waals surface area contributed by atoms with Gasteiger partial charge in [-0.3, -0.25) is 0 Å². The van der Waals surface area contributed by atoms with Crippen molar-refractivity contribution >= 4 is 22.7 Å². The summed E-state index contributed by atoms with van der Waals surface area (Å²) < 4.78 is 46.4. The van der Waals surface area contributed by atoms with Crippen LogP contribution in [0.4, 0.5) is 22.7 Å². The molecule has 6 saturated heterocycles. The van der Waals surface area contributed by atoms with E-state index in [1.165, 1.54) is 0 Å². The second-order valence-electron chi connectivity index (χ2n) is 16.2. The van der Waals surface area contributed by atoms with Crippen molar-refractivity contribution < 1.29 is 43.0 Å². The van der Waals surface area contributed by atoms with Gasteiger partial charge in [0.25, 0.3) is 0 Å². The van der Waals surface area contributed by atoms with Crippen molar-refractivity contribution in [2.24, 2.45) is 0 Å². The lowest BCUT2D eigenvalue weighted by Gasteiger charge is -2.38. The number of aliphatic hydroxyl groups excluding tert-OH is 1. The van der Waals surface area contributed by atoms with Gasteiger partial charge in [-0.05, 0) is 48.5 Å². The normalized spacial score (nSPS) is 24.3. The van der Waals surface area contributed by atoms with E-state index >= 15 is 0 Å². The van der Waals surface area contributed by atoms with Crippen LogP contribution in [0.5, 0.6) is 23.0 Å². The Morgan fingerprint density at radius 1 is 0.466 bits per heavy atom. The van der Waals surface area contributed by atoms with Gasteiger partial charge >= 0.3 is 0 Å². The van der Waals surface area contributed by atoms with Crippen molar-refractivity contribution in [3.05, 3.63) is 97.1 Å². The zero-order chi connectivity index (χ0) is 38.8. The number of epoxide rings is 5. The third-order valence-electron chi connectivity index (χ3n) is 11.2. The molecule has 0 spiro atoms. The van der Waals surface area contributed by atoms with Crippen LogP contribution in [-0.4, -0.2) is 140 Å². The Kier molecular flexibility index (Phi) is 11.0. The third-order valence-corrected chi connectivity index (χ3v) is 11.2. The van der Waals surface area contributed by atoms with Gasteiger partial charge in [-0.2, -0.15) is 0 Å². The molecule has 13 nitrogen and oxygen atoms in total. The highest BCUT2D eigenvalue weighted by Crippen LogP contribution is 2.34. The Morgan fingerprint density at radius 2 is 0.810 bits per heavy atom. The molecular formula is C45H52N4O9. The fraction of sp³-hybridized carbons (Fsp3) is 0.467. The zero-order valence-electron chi connectivity index (χ0n) is 32.7. The van der Waals surface area contributed by atoms with Crippen LogP contribution in [0.15, 0.2) is 97.1 Å². The monoisotopic (exact) mass is 792 g/mol. The molecule has 6 unspecified atom stereocenters. The molecule has 6 fully saturated rings. The number of ether oxygens (including phenoxy) is 8. The van der Waals surface area contributed by atoms with E-state index in [2.05, 4.69) is 56.0 Å². The van der Waals surface area contributed by atoms with Crippen molar-refractivity contribution in [1.29, 1.82) is 0 Å². The van der Waals surface area contributed by atoms with E-state index < -0.39 is 6.10 Å². The zero-order valence-corrected chi connectivity index (χ0v) is 32.7. The lowest BCUT2D eigenvalue weighted by atomic mass is 10.1. The minimum absolute atomic E-state index is 0.129. The molecule has 6 aliphatic heterocycles. The Balaban J connectivity index is 0.809. The predicted molar refractivity (Wildman–Crippen MR) is 219 cm³/mol. The van der Waals surface area contributed by atoms with Gasteiger partial charge in [0, 0.05) is 92.8 Å². The van der Waals surface area contributed by atoms with Crippen molar-refractivity contribution in [2.75, 3.05) is 112 Å². The second-order valence-corrected chi connectivity index (χ2v) is 16.2.